The fourth-order valence-corrected chi connectivity index (χ4v) is 1.95. The van der Waals surface area contributed by atoms with E-state index < -0.39 is 0 Å². The Balaban J connectivity index is 2.06. The largest absolute Gasteiger partial charge is 0.357 e. The molecule has 0 atom stereocenters. The molecule has 14 heavy (non-hydrogen) atoms. The number of aromatic amines is 1. The Hall–Kier alpha value is -1.54. The van der Waals surface area contributed by atoms with E-state index in [0.29, 0.717) is 0 Å². The summed E-state index contributed by atoms with van der Waals surface area (Å²) in [6.07, 6.45) is 0. The number of hydrogen-bond donors (Lipinski definition) is 2. The number of rotatable bonds is 1. The molecule has 2 N–H and O–H groups in total. The van der Waals surface area contributed by atoms with Crippen LogP contribution in [-0.4, -0.2) is 4.98 Å². The Morgan fingerprint density at radius 1 is 1.00 bits per heavy atom. The lowest BCUT2D eigenvalue weighted by Crippen LogP contribution is -2.01. The highest BCUT2D eigenvalue weighted by Crippen LogP contribution is 2.24. The van der Waals surface area contributed by atoms with Crippen molar-refractivity contribution in [1.29, 1.82) is 0 Å². The molecule has 2 heteroatoms. The predicted octanol–water partition coefficient (Wildman–Crippen LogP) is 2.28. The first-order chi connectivity index (χ1) is 6.93. The van der Waals surface area contributed by atoms with Crippen molar-refractivity contribution in [3.63, 3.8) is 0 Å². The van der Waals surface area contributed by atoms with Crippen LogP contribution in [-0.2, 0) is 13.1 Å². The second-order valence-electron chi connectivity index (χ2n) is 3.66. The van der Waals surface area contributed by atoms with Gasteiger partial charge in [-0.15, -0.1) is 0 Å². The number of fused-ring (bicyclic) bond motifs is 1. The van der Waals surface area contributed by atoms with Gasteiger partial charge in [-0.1, -0.05) is 30.3 Å². The highest BCUT2D eigenvalue weighted by Gasteiger charge is 2.13. The molecule has 0 saturated carbocycles. The standard InChI is InChI=1S/C12H12N2/c1-2-4-9(5-3-1)11-6-10-7-13-8-12(10)14-11/h1-6,13-14H,7-8H2. The summed E-state index contributed by atoms with van der Waals surface area (Å²) in [5.41, 5.74) is 5.24. The molecule has 0 amide bonds. The van der Waals surface area contributed by atoms with Gasteiger partial charge in [0, 0.05) is 24.5 Å². The number of nitrogens with one attached hydrogen (secondary N) is 2. The number of hydrogen-bond acceptors (Lipinski definition) is 1. The molecule has 0 fully saturated rings. The van der Waals surface area contributed by atoms with Gasteiger partial charge in [-0.05, 0) is 17.2 Å². The minimum Gasteiger partial charge on any atom is -0.357 e. The van der Waals surface area contributed by atoms with Gasteiger partial charge < -0.3 is 10.3 Å². The SMILES string of the molecule is c1ccc(-c2cc3c([nH]2)CNC3)cc1. The Morgan fingerprint density at radius 3 is 2.64 bits per heavy atom. The third kappa shape index (κ3) is 1.16. The zero-order chi connectivity index (χ0) is 9.38. The average molecular weight is 184 g/mol. The molecule has 2 aromatic rings. The molecule has 0 spiro atoms. The van der Waals surface area contributed by atoms with Crippen LogP contribution < -0.4 is 5.32 Å². The molecule has 70 valence electrons. The van der Waals surface area contributed by atoms with Crippen LogP contribution in [0.1, 0.15) is 11.3 Å². The van der Waals surface area contributed by atoms with Gasteiger partial charge in [0.05, 0.1) is 0 Å². The monoisotopic (exact) mass is 184 g/mol. The zero-order valence-electron chi connectivity index (χ0n) is 7.88. The van der Waals surface area contributed by atoms with Crippen molar-refractivity contribution in [3.8, 4) is 11.3 Å². The molecule has 0 saturated heterocycles. The van der Waals surface area contributed by atoms with Crippen LogP contribution in [0.25, 0.3) is 11.3 Å². The summed E-state index contributed by atoms with van der Waals surface area (Å²) in [6.45, 7) is 1.97. The molecule has 0 unspecified atom stereocenters. The van der Waals surface area contributed by atoms with Crippen molar-refractivity contribution in [2.45, 2.75) is 13.1 Å². The van der Waals surface area contributed by atoms with Crippen LogP contribution >= 0.6 is 0 Å². The summed E-state index contributed by atoms with van der Waals surface area (Å²) in [7, 11) is 0. The third-order valence-electron chi connectivity index (χ3n) is 2.69. The Morgan fingerprint density at radius 2 is 1.86 bits per heavy atom. The van der Waals surface area contributed by atoms with Gasteiger partial charge in [-0.2, -0.15) is 0 Å². The molecule has 3 rings (SSSR count). The van der Waals surface area contributed by atoms with Crippen LogP contribution in [0.5, 0.6) is 0 Å². The van der Waals surface area contributed by atoms with Crippen LogP contribution in [0, 0.1) is 0 Å². The number of H-pyrrole nitrogens is 1. The summed E-state index contributed by atoms with van der Waals surface area (Å²) in [5, 5.41) is 3.32. The van der Waals surface area contributed by atoms with Gasteiger partial charge in [0.1, 0.15) is 0 Å². The molecule has 0 bridgehead atoms. The molecule has 1 aromatic heterocycles. The van der Waals surface area contributed by atoms with E-state index in [4.69, 9.17) is 0 Å². The molecule has 1 aromatic carbocycles. The smallest absolute Gasteiger partial charge is 0.0459 e. The van der Waals surface area contributed by atoms with E-state index in [1.807, 2.05) is 6.07 Å². The highest BCUT2D eigenvalue weighted by atomic mass is 14.9. The second-order valence-corrected chi connectivity index (χ2v) is 3.66. The van der Waals surface area contributed by atoms with Gasteiger partial charge in [0.15, 0.2) is 0 Å². The average Bonchev–Trinajstić information content (AvgIpc) is 2.78. The number of benzene rings is 1. The van der Waals surface area contributed by atoms with Gasteiger partial charge in [0.25, 0.3) is 0 Å². The first-order valence-corrected chi connectivity index (χ1v) is 4.90. The Labute approximate surface area is 83.0 Å². The van der Waals surface area contributed by atoms with E-state index >= 15 is 0 Å². The second kappa shape index (κ2) is 3.00. The quantitative estimate of drug-likeness (QED) is 0.699. The van der Waals surface area contributed by atoms with Gasteiger partial charge >= 0.3 is 0 Å². The molecular weight excluding hydrogens is 172 g/mol. The summed E-state index contributed by atoms with van der Waals surface area (Å²) < 4.78 is 0. The van der Waals surface area contributed by atoms with E-state index in [2.05, 4.69) is 40.6 Å². The summed E-state index contributed by atoms with van der Waals surface area (Å²) in [5.74, 6) is 0. The first kappa shape index (κ1) is 7.83. The van der Waals surface area contributed by atoms with Gasteiger partial charge in [-0.3, -0.25) is 0 Å². The fourth-order valence-electron chi connectivity index (χ4n) is 1.95. The predicted molar refractivity (Wildman–Crippen MR) is 56.8 cm³/mol. The minimum absolute atomic E-state index is 0.974. The van der Waals surface area contributed by atoms with E-state index in [-0.39, 0.29) is 0 Å². The lowest BCUT2D eigenvalue weighted by atomic mass is 10.1. The van der Waals surface area contributed by atoms with E-state index in [9.17, 15) is 0 Å². The van der Waals surface area contributed by atoms with Crippen molar-refractivity contribution in [2.75, 3.05) is 0 Å². The molecule has 1 aliphatic heterocycles. The van der Waals surface area contributed by atoms with E-state index in [1.54, 1.807) is 0 Å². The van der Waals surface area contributed by atoms with Crippen LogP contribution in [0.15, 0.2) is 36.4 Å². The maximum Gasteiger partial charge on any atom is 0.0459 e. The summed E-state index contributed by atoms with van der Waals surface area (Å²) in [4.78, 5) is 3.45. The lowest BCUT2D eigenvalue weighted by molar-refractivity contribution is 0.754. The molecule has 2 heterocycles. The molecule has 1 aliphatic rings. The molecule has 2 nitrogen and oxygen atoms in total. The Kier molecular flexibility index (Phi) is 1.67. The first-order valence-electron chi connectivity index (χ1n) is 4.90. The van der Waals surface area contributed by atoms with Crippen LogP contribution in [0.2, 0.25) is 0 Å². The summed E-state index contributed by atoms with van der Waals surface area (Å²) in [6, 6.07) is 12.7. The zero-order valence-corrected chi connectivity index (χ0v) is 7.88. The maximum atomic E-state index is 3.45. The lowest BCUT2D eigenvalue weighted by Gasteiger charge is -1.97. The third-order valence-corrected chi connectivity index (χ3v) is 2.69. The maximum absolute atomic E-state index is 3.45. The molecule has 0 radical (unpaired) electrons. The normalized spacial score (nSPS) is 14.3. The number of aromatic nitrogens is 1. The molecule has 0 aliphatic carbocycles. The highest BCUT2D eigenvalue weighted by molar-refractivity contribution is 5.61. The van der Waals surface area contributed by atoms with Crippen molar-refractivity contribution < 1.29 is 0 Å². The fraction of sp³-hybridized carbons (Fsp3) is 0.167. The Bertz CT molecular complexity index is 421. The van der Waals surface area contributed by atoms with Crippen molar-refractivity contribution in [1.82, 2.24) is 10.3 Å². The van der Waals surface area contributed by atoms with E-state index in [1.165, 1.54) is 22.5 Å². The van der Waals surface area contributed by atoms with Crippen molar-refractivity contribution in [2.24, 2.45) is 0 Å². The van der Waals surface area contributed by atoms with E-state index in [0.717, 1.165) is 13.1 Å². The van der Waals surface area contributed by atoms with Gasteiger partial charge in [0.2, 0.25) is 0 Å². The van der Waals surface area contributed by atoms with Crippen LogP contribution in [0.3, 0.4) is 0 Å². The minimum atomic E-state index is 0.974. The topological polar surface area (TPSA) is 27.8 Å². The van der Waals surface area contributed by atoms with Gasteiger partial charge in [-0.25, -0.2) is 0 Å². The summed E-state index contributed by atoms with van der Waals surface area (Å²) >= 11 is 0. The van der Waals surface area contributed by atoms with Crippen molar-refractivity contribution in [3.05, 3.63) is 47.7 Å². The van der Waals surface area contributed by atoms with Crippen LogP contribution in [0.4, 0.5) is 0 Å². The molecular formula is C12H12N2. The van der Waals surface area contributed by atoms with Crippen molar-refractivity contribution >= 4 is 0 Å².